The maximum absolute atomic E-state index is 6.27. The Bertz CT molecular complexity index is 502. The quantitative estimate of drug-likeness (QED) is 0.794. The highest BCUT2D eigenvalue weighted by Gasteiger charge is 2.10. The fraction of sp³-hybridized carbons (Fsp3) is 0.385. The van der Waals surface area contributed by atoms with E-state index in [9.17, 15) is 0 Å². The van der Waals surface area contributed by atoms with Crippen molar-refractivity contribution in [3.8, 4) is 0 Å². The number of hydrogen-bond acceptors (Lipinski definition) is 1. The second kappa shape index (κ2) is 4.48. The molecule has 3 heteroatoms. The third-order valence-corrected chi connectivity index (χ3v) is 3.34. The van der Waals surface area contributed by atoms with E-state index in [1.165, 1.54) is 16.5 Å². The van der Waals surface area contributed by atoms with Gasteiger partial charge in [0.15, 0.2) is 0 Å². The first-order valence-electron chi connectivity index (χ1n) is 5.54. The van der Waals surface area contributed by atoms with Crippen molar-refractivity contribution in [2.24, 2.45) is 7.05 Å². The number of aryl methyl sites for hydroxylation is 1. The predicted molar refractivity (Wildman–Crippen MR) is 69.9 cm³/mol. The fourth-order valence-corrected chi connectivity index (χ4v) is 2.31. The zero-order chi connectivity index (χ0) is 11.7. The molecule has 0 spiro atoms. The zero-order valence-electron chi connectivity index (χ0n) is 10.00. The summed E-state index contributed by atoms with van der Waals surface area (Å²) >= 11 is 6.27. The first kappa shape index (κ1) is 11.5. The number of fused-ring (bicyclic) bond motifs is 1. The molecule has 2 nitrogen and oxygen atoms in total. The summed E-state index contributed by atoms with van der Waals surface area (Å²) in [5.74, 6) is 0. The van der Waals surface area contributed by atoms with E-state index < -0.39 is 0 Å². The number of hydrogen-bond donors (Lipinski definition) is 0. The van der Waals surface area contributed by atoms with Crippen LogP contribution in [0.5, 0.6) is 0 Å². The molecule has 2 rings (SSSR count). The van der Waals surface area contributed by atoms with Gasteiger partial charge in [0.25, 0.3) is 0 Å². The van der Waals surface area contributed by atoms with E-state index in [4.69, 9.17) is 11.6 Å². The minimum atomic E-state index is 0.845. The van der Waals surface area contributed by atoms with Gasteiger partial charge in [-0.2, -0.15) is 0 Å². The highest BCUT2D eigenvalue weighted by Crippen LogP contribution is 2.28. The highest BCUT2D eigenvalue weighted by molar-refractivity contribution is 6.35. The van der Waals surface area contributed by atoms with Crippen LogP contribution in [0.2, 0.25) is 5.02 Å². The molecule has 0 aliphatic heterocycles. The summed E-state index contributed by atoms with van der Waals surface area (Å²) in [5.41, 5.74) is 2.50. The Morgan fingerprint density at radius 2 is 2.12 bits per heavy atom. The molecule has 0 saturated carbocycles. The average molecular weight is 237 g/mol. The van der Waals surface area contributed by atoms with E-state index in [2.05, 4.69) is 42.7 Å². The number of halogens is 1. The minimum absolute atomic E-state index is 0.845. The number of benzene rings is 1. The number of aromatic nitrogens is 1. The van der Waals surface area contributed by atoms with Gasteiger partial charge in [0.1, 0.15) is 0 Å². The highest BCUT2D eigenvalue weighted by atomic mass is 35.5. The standard InChI is InChI=1S/C13H17ClN2/c1-4-15(2)8-10-9-16(3)12-7-5-6-11(14)13(10)12/h5-7,9H,4,8H2,1-3H3. The second-order valence-corrected chi connectivity index (χ2v) is 4.64. The fourth-order valence-electron chi connectivity index (χ4n) is 2.01. The van der Waals surface area contributed by atoms with Crippen molar-refractivity contribution in [2.75, 3.05) is 13.6 Å². The average Bonchev–Trinajstić information content (AvgIpc) is 2.57. The van der Waals surface area contributed by atoms with Crippen LogP contribution >= 0.6 is 11.6 Å². The molecular formula is C13H17ClN2. The number of nitrogens with zero attached hydrogens (tertiary/aromatic N) is 2. The molecule has 1 aromatic carbocycles. The molecule has 2 aromatic rings. The summed E-state index contributed by atoms with van der Waals surface area (Å²) in [6, 6.07) is 6.06. The summed E-state index contributed by atoms with van der Waals surface area (Å²) in [5, 5.41) is 2.03. The van der Waals surface area contributed by atoms with Crippen molar-refractivity contribution >= 4 is 22.5 Å². The van der Waals surface area contributed by atoms with Gasteiger partial charge < -0.3 is 9.47 Å². The van der Waals surface area contributed by atoms with Gasteiger partial charge in [-0.25, -0.2) is 0 Å². The Morgan fingerprint density at radius 1 is 1.38 bits per heavy atom. The molecule has 0 N–H and O–H groups in total. The van der Waals surface area contributed by atoms with Crippen LogP contribution in [0.3, 0.4) is 0 Å². The molecule has 0 aliphatic rings. The SMILES string of the molecule is CCN(C)Cc1cn(C)c2cccc(Cl)c12. The summed E-state index contributed by atoms with van der Waals surface area (Å²) in [6.45, 7) is 4.14. The van der Waals surface area contributed by atoms with Crippen molar-refractivity contribution in [3.05, 3.63) is 35.0 Å². The first-order valence-corrected chi connectivity index (χ1v) is 5.92. The normalized spacial score (nSPS) is 11.6. The topological polar surface area (TPSA) is 8.17 Å². The summed E-state index contributed by atoms with van der Waals surface area (Å²) < 4.78 is 2.14. The molecule has 16 heavy (non-hydrogen) atoms. The van der Waals surface area contributed by atoms with E-state index in [0.29, 0.717) is 0 Å². The van der Waals surface area contributed by atoms with E-state index in [1.807, 2.05) is 12.1 Å². The lowest BCUT2D eigenvalue weighted by Gasteiger charge is -2.12. The van der Waals surface area contributed by atoms with Crippen LogP contribution < -0.4 is 0 Å². The lowest BCUT2D eigenvalue weighted by molar-refractivity contribution is 0.347. The second-order valence-electron chi connectivity index (χ2n) is 4.23. The van der Waals surface area contributed by atoms with Gasteiger partial charge >= 0.3 is 0 Å². The summed E-state index contributed by atoms with van der Waals surface area (Å²) in [7, 11) is 4.18. The van der Waals surface area contributed by atoms with Crippen LogP contribution in [0.25, 0.3) is 10.9 Å². The molecule has 0 saturated heterocycles. The van der Waals surface area contributed by atoms with E-state index in [1.54, 1.807) is 0 Å². The van der Waals surface area contributed by atoms with Crippen molar-refractivity contribution in [1.29, 1.82) is 0 Å². The van der Waals surface area contributed by atoms with E-state index in [0.717, 1.165) is 18.1 Å². The van der Waals surface area contributed by atoms with Crippen LogP contribution in [-0.2, 0) is 13.6 Å². The lowest BCUT2D eigenvalue weighted by atomic mass is 10.1. The molecule has 86 valence electrons. The Labute approximate surface area is 101 Å². The van der Waals surface area contributed by atoms with Crippen LogP contribution in [0, 0.1) is 0 Å². The molecule has 0 bridgehead atoms. The van der Waals surface area contributed by atoms with Gasteiger partial charge in [0.05, 0.1) is 5.02 Å². The third kappa shape index (κ3) is 1.95. The number of rotatable bonds is 3. The summed E-state index contributed by atoms with van der Waals surface area (Å²) in [4.78, 5) is 2.28. The molecule has 0 aliphatic carbocycles. The van der Waals surface area contributed by atoms with Crippen molar-refractivity contribution in [2.45, 2.75) is 13.5 Å². The molecule has 0 amide bonds. The van der Waals surface area contributed by atoms with Crippen LogP contribution in [0.15, 0.2) is 24.4 Å². The third-order valence-electron chi connectivity index (χ3n) is 3.02. The van der Waals surface area contributed by atoms with Gasteiger partial charge in [0, 0.05) is 30.7 Å². The van der Waals surface area contributed by atoms with Crippen LogP contribution in [-0.4, -0.2) is 23.1 Å². The van der Waals surface area contributed by atoms with Gasteiger partial charge in [-0.15, -0.1) is 0 Å². The molecular weight excluding hydrogens is 220 g/mol. The Kier molecular flexibility index (Phi) is 3.22. The molecule has 1 heterocycles. The molecule has 0 radical (unpaired) electrons. The molecule has 0 fully saturated rings. The maximum atomic E-state index is 6.27. The Morgan fingerprint density at radius 3 is 2.81 bits per heavy atom. The maximum Gasteiger partial charge on any atom is 0.0503 e. The van der Waals surface area contributed by atoms with Gasteiger partial charge in [-0.1, -0.05) is 24.6 Å². The predicted octanol–water partition coefficient (Wildman–Crippen LogP) is 3.28. The zero-order valence-corrected chi connectivity index (χ0v) is 10.8. The smallest absolute Gasteiger partial charge is 0.0503 e. The van der Waals surface area contributed by atoms with Gasteiger partial charge in [-0.05, 0) is 31.3 Å². The van der Waals surface area contributed by atoms with Crippen LogP contribution in [0.4, 0.5) is 0 Å². The largest absolute Gasteiger partial charge is 0.350 e. The van der Waals surface area contributed by atoms with E-state index >= 15 is 0 Å². The monoisotopic (exact) mass is 236 g/mol. The Hall–Kier alpha value is -0.990. The molecule has 0 atom stereocenters. The summed E-state index contributed by atoms with van der Waals surface area (Å²) in [6.07, 6.45) is 2.17. The van der Waals surface area contributed by atoms with Gasteiger partial charge in [-0.3, -0.25) is 0 Å². The van der Waals surface area contributed by atoms with Gasteiger partial charge in [0.2, 0.25) is 0 Å². The van der Waals surface area contributed by atoms with Crippen molar-refractivity contribution < 1.29 is 0 Å². The van der Waals surface area contributed by atoms with Crippen molar-refractivity contribution in [1.82, 2.24) is 9.47 Å². The van der Waals surface area contributed by atoms with Crippen LogP contribution in [0.1, 0.15) is 12.5 Å². The lowest BCUT2D eigenvalue weighted by Crippen LogP contribution is -2.16. The minimum Gasteiger partial charge on any atom is -0.350 e. The van der Waals surface area contributed by atoms with Crippen molar-refractivity contribution in [3.63, 3.8) is 0 Å². The Balaban J connectivity index is 2.53. The molecule has 1 aromatic heterocycles. The van der Waals surface area contributed by atoms with E-state index in [-0.39, 0.29) is 0 Å². The first-order chi connectivity index (χ1) is 7.63. The molecule has 0 unspecified atom stereocenters.